The van der Waals surface area contributed by atoms with Crippen molar-refractivity contribution in [3.63, 3.8) is 0 Å². The lowest BCUT2D eigenvalue weighted by molar-refractivity contribution is -0.137. The lowest BCUT2D eigenvalue weighted by atomic mass is 9.94. The summed E-state index contributed by atoms with van der Waals surface area (Å²) in [6, 6.07) is 8.78. The fourth-order valence-corrected chi connectivity index (χ4v) is 6.22. The Labute approximate surface area is 237 Å². The fraction of sp³-hybridized carbons (Fsp3) is 0.467. The molecule has 0 spiro atoms. The van der Waals surface area contributed by atoms with Gasteiger partial charge in [-0.25, -0.2) is 9.78 Å². The van der Waals surface area contributed by atoms with Crippen molar-refractivity contribution in [3.8, 4) is 17.0 Å². The third-order valence-corrected chi connectivity index (χ3v) is 8.35. The summed E-state index contributed by atoms with van der Waals surface area (Å²) in [5.41, 5.74) is 0.949. The van der Waals surface area contributed by atoms with Gasteiger partial charge in [0, 0.05) is 35.2 Å². The summed E-state index contributed by atoms with van der Waals surface area (Å²) in [5.74, 6) is -0.250. The number of fused-ring (bicyclic) bond motifs is 1. The number of carbonyl (C=O) groups is 1. The third kappa shape index (κ3) is 5.92. The first-order valence-corrected chi connectivity index (χ1v) is 14.0. The third-order valence-electron chi connectivity index (χ3n) is 8.06. The van der Waals surface area contributed by atoms with Gasteiger partial charge < -0.3 is 14.4 Å². The minimum absolute atomic E-state index is 0.252. The second-order valence-corrected chi connectivity index (χ2v) is 10.9. The summed E-state index contributed by atoms with van der Waals surface area (Å²) in [6.07, 6.45) is 1.23. The molecule has 10 heteroatoms. The van der Waals surface area contributed by atoms with Gasteiger partial charge in [0.15, 0.2) is 0 Å². The van der Waals surface area contributed by atoms with Crippen LogP contribution in [0, 0.1) is 0 Å². The molecule has 5 rings (SSSR count). The molecule has 0 aliphatic carbocycles. The topological polar surface area (TPSA) is 54.9 Å². The summed E-state index contributed by atoms with van der Waals surface area (Å²) >= 11 is 6.44. The first kappa shape index (κ1) is 28.6. The average molecular weight is 576 g/mol. The number of hydrogen-bond donors (Lipinski definition) is 0. The smallest absolute Gasteiger partial charge is 0.416 e. The molecule has 40 heavy (non-hydrogen) atoms. The summed E-state index contributed by atoms with van der Waals surface area (Å²) in [5, 5.41) is 0.758. The van der Waals surface area contributed by atoms with E-state index in [1.54, 1.807) is 18.2 Å². The maximum Gasteiger partial charge on any atom is 0.416 e. The zero-order chi connectivity index (χ0) is 28.4. The molecule has 2 fully saturated rings. The number of ether oxygens (including phenoxy) is 2. The molecule has 0 amide bonds. The number of alkyl halides is 3. The Morgan fingerprint density at radius 1 is 1.05 bits per heavy atom. The van der Waals surface area contributed by atoms with E-state index in [4.69, 9.17) is 26.1 Å². The number of benzene rings is 2. The highest BCUT2D eigenvalue weighted by Crippen LogP contribution is 2.39. The molecular formula is C30H33ClF3N3O3. The van der Waals surface area contributed by atoms with E-state index >= 15 is 0 Å². The Balaban J connectivity index is 1.60. The zero-order valence-corrected chi connectivity index (χ0v) is 23.4. The molecule has 0 saturated carbocycles. The van der Waals surface area contributed by atoms with Crippen LogP contribution >= 0.6 is 11.6 Å². The van der Waals surface area contributed by atoms with Crippen molar-refractivity contribution in [1.82, 2.24) is 14.8 Å². The highest BCUT2D eigenvalue weighted by Gasteiger charge is 2.32. The van der Waals surface area contributed by atoms with E-state index in [9.17, 15) is 18.0 Å². The predicted molar refractivity (Wildman–Crippen MR) is 149 cm³/mol. The van der Waals surface area contributed by atoms with Gasteiger partial charge in [0.2, 0.25) is 0 Å². The van der Waals surface area contributed by atoms with E-state index in [1.807, 2.05) is 0 Å². The maximum atomic E-state index is 13.7. The monoisotopic (exact) mass is 575 g/mol. The molecule has 214 valence electrons. The molecule has 3 aromatic rings. The van der Waals surface area contributed by atoms with Crippen LogP contribution in [0.5, 0.6) is 5.75 Å². The number of nitrogens with zero attached hydrogens (tertiary/aromatic N) is 3. The molecule has 0 radical (unpaired) electrons. The normalized spacial score (nSPS) is 17.8. The van der Waals surface area contributed by atoms with Crippen LogP contribution in [0.15, 0.2) is 36.4 Å². The molecule has 0 bridgehead atoms. The van der Waals surface area contributed by atoms with Gasteiger partial charge in [-0.3, -0.25) is 4.90 Å². The fourth-order valence-electron chi connectivity index (χ4n) is 5.98. The van der Waals surface area contributed by atoms with Crippen molar-refractivity contribution >= 4 is 28.5 Å². The minimum Gasteiger partial charge on any atom is -0.495 e. The number of carbonyl (C=O) groups excluding carboxylic acids is 1. The number of aromatic nitrogens is 1. The second kappa shape index (κ2) is 11.9. The van der Waals surface area contributed by atoms with E-state index in [-0.39, 0.29) is 11.1 Å². The molecule has 2 aliphatic heterocycles. The molecule has 6 nitrogen and oxygen atoms in total. The van der Waals surface area contributed by atoms with Crippen molar-refractivity contribution < 1.29 is 27.4 Å². The van der Waals surface area contributed by atoms with Gasteiger partial charge in [-0.15, -0.1) is 0 Å². The Bertz CT molecular complexity index is 1380. The number of halogens is 4. The van der Waals surface area contributed by atoms with Crippen LogP contribution in [0.2, 0.25) is 5.02 Å². The van der Waals surface area contributed by atoms with E-state index in [2.05, 4.69) is 9.80 Å². The molecule has 3 heterocycles. The van der Waals surface area contributed by atoms with Crippen LogP contribution in [0.4, 0.5) is 13.2 Å². The maximum absolute atomic E-state index is 13.7. The Morgan fingerprint density at radius 3 is 2.42 bits per heavy atom. The average Bonchev–Trinajstić information content (AvgIpc) is 2.96. The minimum atomic E-state index is -4.52. The summed E-state index contributed by atoms with van der Waals surface area (Å²) < 4.78 is 51.5. The molecule has 1 aromatic heterocycles. The van der Waals surface area contributed by atoms with Crippen LogP contribution < -0.4 is 4.74 Å². The summed E-state index contributed by atoms with van der Waals surface area (Å²) in [7, 11) is 2.75. The Morgan fingerprint density at radius 2 is 1.77 bits per heavy atom. The Kier molecular flexibility index (Phi) is 8.54. The lowest BCUT2D eigenvalue weighted by Crippen LogP contribution is -2.46. The predicted octanol–water partition coefficient (Wildman–Crippen LogP) is 6.82. The first-order chi connectivity index (χ1) is 19.2. The van der Waals surface area contributed by atoms with Crippen LogP contribution in [0.25, 0.3) is 22.2 Å². The van der Waals surface area contributed by atoms with E-state index in [0.717, 1.165) is 51.2 Å². The summed E-state index contributed by atoms with van der Waals surface area (Å²) in [6.45, 7) is 4.23. The van der Waals surface area contributed by atoms with Crippen molar-refractivity contribution in [2.75, 3.05) is 40.4 Å². The first-order valence-electron chi connectivity index (χ1n) is 13.6. The molecule has 0 atom stereocenters. The Hall–Kier alpha value is -2.88. The van der Waals surface area contributed by atoms with Crippen LogP contribution in [0.3, 0.4) is 0 Å². The molecule has 0 unspecified atom stereocenters. The highest BCUT2D eigenvalue weighted by molar-refractivity contribution is 6.33. The van der Waals surface area contributed by atoms with Crippen LogP contribution in [0.1, 0.15) is 53.6 Å². The van der Waals surface area contributed by atoms with Gasteiger partial charge in [0.25, 0.3) is 0 Å². The van der Waals surface area contributed by atoms with E-state index in [0.29, 0.717) is 45.5 Å². The van der Waals surface area contributed by atoms with Gasteiger partial charge in [0.1, 0.15) is 5.75 Å². The number of esters is 1. The second-order valence-electron chi connectivity index (χ2n) is 10.5. The largest absolute Gasteiger partial charge is 0.495 e. The molecule has 2 saturated heterocycles. The SMILES string of the molecule is COC(=O)c1c(CN2CCC(N3CCCCC3)CC2)c(-c2cccc(C(F)(F)F)c2)nc2cc(OC)c(Cl)cc12. The lowest BCUT2D eigenvalue weighted by Gasteiger charge is -2.40. The van der Waals surface area contributed by atoms with Gasteiger partial charge in [-0.05, 0) is 70.1 Å². The number of piperidine rings is 2. The quantitative estimate of drug-likeness (QED) is 0.301. The zero-order valence-electron chi connectivity index (χ0n) is 22.7. The highest BCUT2D eigenvalue weighted by atomic mass is 35.5. The molecular weight excluding hydrogens is 543 g/mol. The molecule has 2 aromatic carbocycles. The van der Waals surface area contributed by atoms with Gasteiger partial charge in [-0.2, -0.15) is 13.2 Å². The number of rotatable bonds is 6. The molecule has 2 aliphatic rings. The number of likely N-dealkylation sites (tertiary alicyclic amines) is 2. The summed E-state index contributed by atoms with van der Waals surface area (Å²) in [4.78, 5) is 22.9. The van der Waals surface area contributed by atoms with Gasteiger partial charge >= 0.3 is 12.1 Å². The van der Waals surface area contributed by atoms with Crippen molar-refractivity contribution in [1.29, 1.82) is 0 Å². The standard InChI is InChI=1S/C30H33ClF3N3O3/c1-39-26-17-25-22(16-24(26)31)27(29(38)40-2)23(28(35-25)19-7-6-8-20(15-19)30(32,33)34)18-36-13-9-21(10-14-36)37-11-4-3-5-12-37/h6-8,15-17,21H,3-5,9-14,18H2,1-2H3. The van der Waals surface area contributed by atoms with Crippen molar-refractivity contribution in [2.45, 2.75) is 50.9 Å². The molecule has 0 N–H and O–H groups in total. The number of methoxy groups -OCH3 is 2. The number of hydrogen-bond acceptors (Lipinski definition) is 6. The van der Waals surface area contributed by atoms with Gasteiger partial charge in [0.05, 0.1) is 41.6 Å². The van der Waals surface area contributed by atoms with Crippen LogP contribution in [-0.4, -0.2) is 67.2 Å². The van der Waals surface area contributed by atoms with E-state index in [1.165, 1.54) is 39.5 Å². The number of pyridine rings is 1. The van der Waals surface area contributed by atoms with E-state index < -0.39 is 17.7 Å². The van der Waals surface area contributed by atoms with Crippen molar-refractivity contribution in [2.24, 2.45) is 0 Å². The van der Waals surface area contributed by atoms with Crippen molar-refractivity contribution in [3.05, 3.63) is 58.1 Å². The van der Waals surface area contributed by atoms with Crippen LogP contribution in [-0.2, 0) is 17.5 Å². The van der Waals surface area contributed by atoms with Gasteiger partial charge in [-0.1, -0.05) is 30.2 Å².